The second kappa shape index (κ2) is 4.09. The van der Waals surface area contributed by atoms with E-state index in [1.807, 2.05) is 26.8 Å². The molecule has 0 spiro atoms. The Morgan fingerprint density at radius 1 is 1.43 bits per heavy atom. The Balaban J connectivity index is 3.28. The highest BCUT2D eigenvalue weighted by Crippen LogP contribution is 2.29. The molecule has 0 aliphatic carbocycles. The Morgan fingerprint density at radius 2 is 2.07 bits per heavy atom. The zero-order valence-corrected chi connectivity index (χ0v) is 8.63. The molecule has 0 saturated heterocycles. The Bertz CT molecular complexity index is 361. The van der Waals surface area contributed by atoms with Crippen LogP contribution in [0, 0.1) is 24.0 Å². The summed E-state index contributed by atoms with van der Waals surface area (Å²) in [5, 5.41) is 13.8. The average Bonchev–Trinajstić information content (AvgIpc) is 2.09. The number of nitrogens with one attached hydrogen (secondary N) is 1. The van der Waals surface area contributed by atoms with Crippen molar-refractivity contribution in [2.45, 2.75) is 20.8 Å². The van der Waals surface area contributed by atoms with E-state index >= 15 is 0 Å². The summed E-state index contributed by atoms with van der Waals surface area (Å²) < 4.78 is 0. The van der Waals surface area contributed by atoms with Crippen LogP contribution in [0.2, 0.25) is 0 Å². The van der Waals surface area contributed by atoms with Crippen molar-refractivity contribution < 1.29 is 4.92 Å². The number of hydrogen-bond acceptors (Lipinski definition) is 3. The molecule has 0 radical (unpaired) electrons. The first kappa shape index (κ1) is 10.5. The smallest absolute Gasteiger partial charge is 0.292 e. The lowest BCUT2D eigenvalue weighted by Crippen LogP contribution is -2.03. The van der Waals surface area contributed by atoms with E-state index in [1.54, 1.807) is 6.07 Å². The molecule has 0 unspecified atom stereocenters. The van der Waals surface area contributed by atoms with Crippen LogP contribution in [-0.2, 0) is 0 Å². The van der Waals surface area contributed by atoms with Crippen molar-refractivity contribution in [3.63, 3.8) is 0 Å². The summed E-state index contributed by atoms with van der Waals surface area (Å²) in [5.74, 6) is 0. The zero-order chi connectivity index (χ0) is 10.7. The minimum atomic E-state index is -0.349. The number of aryl methyl sites for hydroxylation is 2. The summed E-state index contributed by atoms with van der Waals surface area (Å²) in [6, 6.07) is 3.52. The Hall–Kier alpha value is -1.58. The summed E-state index contributed by atoms with van der Waals surface area (Å²) in [6.45, 7) is 6.33. The van der Waals surface area contributed by atoms with E-state index in [2.05, 4.69) is 5.32 Å². The molecule has 1 aromatic carbocycles. The predicted octanol–water partition coefficient (Wildman–Crippen LogP) is 2.64. The van der Waals surface area contributed by atoms with Gasteiger partial charge in [-0.3, -0.25) is 10.1 Å². The lowest BCUT2D eigenvalue weighted by atomic mass is 10.1. The van der Waals surface area contributed by atoms with Gasteiger partial charge in [-0.1, -0.05) is 6.07 Å². The van der Waals surface area contributed by atoms with Gasteiger partial charge in [0.05, 0.1) is 4.92 Å². The highest BCUT2D eigenvalue weighted by molar-refractivity contribution is 5.67. The number of hydrogen-bond donors (Lipinski definition) is 1. The molecule has 0 aromatic heterocycles. The molecule has 0 bridgehead atoms. The zero-order valence-electron chi connectivity index (χ0n) is 8.63. The van der Waals surface area contributed by atoms with Crippen molar-refractivity contribution in [3.05, 3.63) is 33.4 Å². The van der Waals surface area contributed by atoms with Gasteiger partial charge in [-0.2, -0.15) is 0 Å². The Labute approximate surface area is 83.1 Å². The second-order valence-corrected chi connectivity index (χ2v) is 3.26. The number of rotatable bonds is 3. The number of nitro groups is 1. The molecular weight excluding hydrogens is 180 g/mol. The fraction of sp³-hybridized carbons (Fsp3) is 0.400. The lowest BCUT2D eigenvalue weighted by molar-refractivity contribution is -0.384. The molecular formula is C10H14N2O2. The first-order chi connectivity index (χ1) is 6.56. The summed E-state index contributed by atoms with van der Waals surface area (Å²) in [5.41, 5.74) is 2.61. The van der Waals surface area contributed by atoms with Gasteiger partial charge in [0, 0.05) is 12.6 Å². The third-order valence-corrected chi connectivity index (χ3v) is 2.01. The Morgan fingerprint density at radius 3 is 2.57 bits per heavy atom. The topological polar surface area (TPSA) is 55.2 Å². The highest BCUT2D eigenvalue weighted by Gasteiger charge is 2.15. The molecule has 0 saturated carbocycles. The first-order valence-corrected chi connectivity index (χ1v) is 4.55. The number of benzene rings is 1. The molecule has 4 nitrogen and oxygen atoms in total. The van der Waals surface area contributed by atoms with Crippen LogP contribution in [0.5, 0.6) is 0 Å². The normalized spacial score (nSPS) is 9.93. The number of nitrogens with zero attached hydrogens (tertiary/aromatic N) is 1. The van der Waals surface area contributed by atoms with Crippen LogP contribution in [0.3, 0.4) is 0 Å². The summed E-state index contributed by atoms with van der Waals surface area (Å²) in [4.78, 5) is 10.4. The molecule has 0 atom stereocenters. The van der Waals surface area contributed by atoms with Crippen LogP contribution in [0.4, 0.5) is 11.4 Å². The van der Waals surface area contributed by atoms with Gasteiger partial charge in [0.25, 0.3) is 5.69 Å². The predicted molar refractivity (Wildman–Crippen MR) is 56.7 cm³/mol. The van der Waals surface area contributed by atoms with Crippen molar-refractivity contribution in [1.29, 1.82) is 0 Å². The SMILES string of the molecule is CCNc1c(C)cc(C)cc1[N+](=O)[O-]. The minimum absolute atomic E-state index is 0.157. The van der Waals surface area contributed by atoms with Gasteiger partial charge in [-0.25, -0.2) is 0 Å². The molecule has 14 heavy (non-hydrogen) atoms. The van der Waals surface area contributed by atoms with E-state index in [1.165, 1.54) is 0 Å². The molecule has 4 heteroatoms. The van der Waals surface area contributed by atoms with Crippen molar-refractivity contribution in [2.75, 3.05) is 11.9 Å². The van der Waals surface area contributed by atoms with Crippen LogP contribution in [0.1, 0.15) is 18.1 Å². The van der Waals surface area contributed by atoms with Crippen molar-refractivity contribution in [1.82, 2.24) is 0 Å². The standard InChI is InChI=1S/C10H14N2O2/c1-4-11-10-8(3)5-7(2)6-9(10)12(13)14/h5-6,11H,4H2,1-3H3. The van der Waals surface area contributed by atoms with Gasteiger partial charge < -0.3 is 5.32 Å². The van der Waals surface area contributed by atoms with Gasteiger partial charge in [0.15, 0.2) is 0 Å². The largest absolute Gasteiger partial charge is 0.380 e. The van der Waals surface area contributed by atoms with Crippen LogP contribution < -0.4 is 5.32 Å². The maximum atomic E-state index is 10.8. The van der Waals surface area contributed by atoms with Gasteiger partial charge in [-0.05, 0) is 31.9 Å². The van der Waals surface area contributed by atoms with Gasteiger partial charge in [0.1, 0.15) is 5.69 Å². The van der Waals surface area contributed by atoms with Crippen LogP contribution >= 0.6 is 0 Å². The molecule has 0 aliphatic rings. The lowest BCUT2D eigenvalue weighted by Gasteiger charge is -2.08. The highest BCUT2D eigenvalue weighted by atomic mass is 16.6. The van der Waals surface area contributed by atoms with Crippen LogP contribution in [0.25, 0.3) is 0 Å². The van der Waals surface area contributed by atoms with E-state index in [0.29, 0.717) is 12.2 Å². The quantitative estimate of drug-likeness (QED) is 0.594. The fourth-order valence-corrected chi connectivity index (χ4v) is 1.50. The summed E-state index contributed by atoms with van der Waals surface area (Å²) >= 11 is 0. The van der Waals surface area contributed by atoms with Gasteiger partial charge in [-0.15, -0.1) is 0 Å². The summed E-state index contributed by atoms with van der Waals surface area (Å²) in [7, 11) is 0. The van der Waals surface area contributed by atoms with E-state index < -0.39 is 0 Å². The van der Waals surface area contributed by atoms with E-state index in [0.717, 1.165) is 11.1 Å². The maximum Gasteiger partial charge on any atom is 0.292 e. The molecule has 1 N–H and O–H groups in total. The molecule has 1 rings (SSSR count). The van der Waals surface area contributed by atoms with Crippen molar-refractivity contribution >= 4 is 11.4 Å². The van der Waals surface area contributed by atoms with Crippen LogP contribution in [-0.4, -0.2) is 11.5 Å². The van der Waals surface area contributed by atoms with E-state index in [9.17, 15) is 10.1 Å². The monoisotopic (exact) mass is 194 g/mol. The van der Waals surface area contributed by atoms with Gasteiger partial charge >= 0.3 is 0 Å². The van der Waals surface area contributed by atoms with E-state index in [4.69, 9.17) is 0 Å². The third kappa shape index (κ3) is 2.02. The van der Waals surface area contributed by atoms with Crippen LogP contribution in [0.15, 0.2) is 12.1 Å². The van der Waals surface area contributed by atoms with Crippen molar-refractivity contribution in [2.24, 2.45) is 0 Å². The molecule has 0 heterocycles. The maximum absolute atomic E-state index is 10.8. The molecule has 76 valence electrons. The first-order valence-electron chi connectivity index (χ1n) is 4.55. The summed E-state index contributed by atoms with van der Waals surface area (Å²) in [6.07, 6.45) is 0. The molecule has 1 aromatic rings. The second-order valence-electron chi connectivity index (χ2n) is 3.26. The van der Waals surface area contributed by atoms with E-state index in [-0.39, 0.29) is 10.6 Å². The molecule has 0 fully saturated rings. The molecule has 0 amide bonds. The number of nitro benzene ring substituents is 1. The van der Waals surface area contributed by atoms with Gasteiger partial charge in [0.2, 0.25) is 0 Å². The Kier molecular flexibility index (Phi) is 3.06. The molecule has 0 aliphatic heterocycles. The third-order valence-electron chi connectivity index (χ3n) is 2.01. The minimum Gasteiger partial charge on any atom is -0.380 e. The number of anilines is 1. The van der Waals surface area contributed by atoms with Crippen molar-refractivity contribution in [3.8, 4) is 0 Å². The fourth-order valence-electron chi connectivity index (χ4n) is 1.50. The average molecular weight is 194 g/mol.